The number of rotatable bonds is 4. The summed E-state index contributed by atoms with van der Waals surface area (Å²) in [5.41, 5.74) is 5.70. The molecule has 1 aromatic heterocycles. The zero-order valence-electron chi connectivity index (χ0n) is 9.12. The first-order valence-electron chi connectivity index (χ1n) is 5.66. The van der Waals surface area contributed by atoms with Crippen molar-refractivity contribution < 1.29 is 4.79 Å². The van der Waals surface area contributed by atoms with Gasteiger partial charge in [-0.15, -0.1) is 11.3 Å². The highest BCUT2D eigenvalue weighted by atomic mass is 79.9. The highest BCUT2D eigenvalue weighted by molar-refractivity contribution is 9.10. The molecular weight excluding hydrogens is 286 g/mol. The third-order valence-corrected chi connectivity index (χ3v) is 5.04. The summed E-state index contributed by atoms with van der Waals surface area (Å²) in [6, 6.07) is 2.04. The van der Waals surface area contributed by atoms with Crippen LogP contribution in [0.3, 0.4) is 0 Å². The molecule has 1 aliphatic rings. The Kier molecular flexibility index (Phi) is 4.16. The molecule has 2 nitrogen and oxygen atoms in total. The van der Waals surface area contributed by atoms with Crippen LogP contribution in [0.5, 0.6) is 0 Å². The zero-order chi connectivity index (χ0) is 11.5. The maximum atomic E-state index is 12.1. The topological polar surface area (TPSA) is 43.1 Å². The molecule has 2 N–H and O–H groups in total. The van der Waals surface area contributed by atoms with E-state index in [-0.39, 0.29) is 5.92 Å². The number of nitrogens with two attached hydrogens (primary N) is 1. The van der Waals surface area contributed by atoms with Gasteiger partial charge in [-0.3, -0.25) is 4.79 Å². The molecule has 4 heteroatoms. The SMILES string of the molecule is NCC1CCCC1C(=O)Cc1cc(Br)cs1. The second-order valence-electron chi connectivity index (χ2n) is 4.41. The van der Waals surface area contributed by atoms with Crippen molar-refractivity contribution in [3.63, 3.8) is 0 Å². The van der Waals surface area contributed by atoms with Crippen molar-refractivity contribution in [3.05, 3.63) is 20.8 Å². The molecule has 1 heterocycles. The Morgan fingerprint density at radius 3 is 3.00 bits per heavy atom. The summed E-state index contributed by atoms with van der Waals surface area (Å²) in [6.07, 6.45) is 3.90. The molecule has 0 radical (unpaired) electrons. The van der Waals surface area contributed by atoms with E-state index >= 15 is 0 Å². The van der Waals surface area contributed by atoms with E-state index in [0.717, 1.165) is 28.6 Å². The number of hydrogen-bond acceptors (Lipinski definition) is 3. The normalized spacial score (nSPS) is 24.9. The predicted molar refractivity (Wildman–Crippen MR) is 70.6 cm³/mol. The summed E-state index contributed by atoms with van der Waals surface area (Å²) >= 11 is 5.06. The van der Waals surface area contributed by atoms with Gasteiger partial charge in [0, 0.05) is 27.1 Å². The maximum Gasteiger partial charge on any atom is 0.141 e. The first-order chi connectivity index (χ1) is 7.70. The number of ketones is 1. The molecule has 0 spiro atoms. The molecule has 2 unspecified atom stereocenters. The monoisotopic (exact) mass is 301 g/mol. The van der Waals surface area contributed by atoms with Crippen LogP contribution in [0.25, 0.3) is 0 Å². The fraction of sp³-hybridized carbons (Fsp3) is 0.583. The lowest BCUT2D eigenvalue weighted by Crippen LogP contribution is -2.26. The lowest BCUT2D eigenvalue weighted by molar-refractivity contribution is -0.123. The number of Topliss-reactive ketones (excluding diaryl/α,β-unsaturated/α-hetero) is 1. The van der Waals surface area contributed by atoms with Crippen LogP contribution in [-0.4, -0.2) is 12.3 Å². The molecule has 1 aromatic rings. The molecule has 0 bridgehead atoms. The molecule has 1 saturated carbocycles. The van der Waals surface area contributed by atoms with Crippen LogP contribution < -0.4 is 5.73 Å². The number of thiophene rings is 1. The largest absolute Gasteiger partial charge is 0.330 e. The van der Waals surface area contributed by atoms with Crippen LogP contribution in [0.1, 0.15) is 24.1 Å². The van der Waals surface area contributed by atoms with Gasteiger partial charge in [-0.05, 0) is 47.3 Å². The van der Waals surface area contributed by atoms with Gasteiger partial charge >= 0.3 is 0 Å². The van der Waals surface area contributed by atoms with Crippen LogP contribution in [0, 0.1) is 11.8 Å². The van der Waals surface area contributed by atoms with Crippen LogP contribution in [0.4, 0.5) is 0 Å². The summed E-state index contributed by atoms with van der Waals surface area (Å²) in [7, 11) is 0. The molecule has 1 fully saturated rings. The van der Waals surface area contributed by atoms with Crippen LogP contribution in [0.15, 0.2) is 15.9 Å². The fourth-order valence-corrected chi connectivity index (χ4v) is 3.95. The average Bonchev–Trinajstić information content (AvgIpc) is 2.86. The second kappa shape index (κ2) is 5.43. The van der Waals surface area contributed by atoms with Gasteiger partial charge in [0.05, 0.1) is 0 Å². The minimum atomic E-state index is 0.214. The lowest BCUT2D eigenvalue weighted by Gasteiger charge is -2.15. The minimum Gasteiger partial charge on any atom is -0.330 e. The first-order valence-corrected chi connectivity index (χ1v) is 7.33. The highest BCUT2D eigenvalue weighted by Gasteiger charge is 2.31. The van der Waals surface area contributed by atoms with E-state index in [1.807, 2.05) is 11.4 Å². The third-order valence-electron chi connectivity index (χ3n) is 3.35. The molecule has 16 heavy (non-hydrogen) atoms. The first kappa shape index (κ1) is 12.3. The summed E-state index contributed by atoms with van der Waals surface area (Å²) in [5, 5.41) is 2.03. The molecule has 0 aromatic carbocycles. The standard InChI is InChI=1S/C12H16BrNOS/c13-9-4-10(16-7-9)5-12(15)11-3-1-2-8(11)6-14/h4,7-8,11H,1-3,5-6,14H2. The summed E-state index contributed by atoms with van der Waals surface area (Å²) < 4.78 is 1.07. The number of hydrogen-bond donors (Lipinski definition) is 1. The van der Waals surface area contributed by atoms with Gasteiger partial charge in [0.25, 0.3) is 0 Å². The van der Waals surface area contributed by atoms with Crippen molar-refractivity contribution in [1.82, 2.24) is 0 Å². The van der Waals surface area contributed by atoms with Gasteiger partial charge < -0.3 is 5.73 Å². The minimum absolute atomic E-state index is 0.214. The Labute approximate surface area is 108 Å². The Morgan fingerprint density at radius 2 is 2.38 bits per heavy atom. The van der Waals surface area contributed by atoms with E-state index in [1.165, 1.54) is 0 Å². The molecule has 0 amide bonds. The van der Waals surface area contributed by atoms with Crippen molar-refractivity contribution in [2.24, 2.45) is 17.6 Å². The average molecular weight is 302 g/mol. The fourth-order valence-electron chi connectivity index (χ4n) is 2.49. The van der Waals surface area contributed by atoms with E-state index in [2.05, 4.69) is 15.9 Å². The Balaban J connectivity index is 1.97. The second-order valence-corrected chi connectivity index (χ2v) is 6.32. The van der Waals surface area contributed by atoms with Crippen molar-refractivity contribution in [2.75, 3.05) is 6.54 Å². The van der Waals surface area contributed by atoms with Crippen molar-refractivity contribution in [1.29, 1.82) is 0 Å². The molecule has 0 aliphatic heterocycles. The molecule has 1 aliphatic carbocycles. The molecule has 88 valence electrons. The van der Waals surface area contributed by atoms with Gasteiger partial charge in [-0.1, -0.05) is 6.42 Å². The quantitative estimate of drug-likeness (QED) is 0.929. The van der Waals surface area contributed by atoms with Gasteiger partial charge in [-0.25, -0.2) is 0 Å². The smallest absolute Gasteiger partial charge is 0.141 e. The number of halogens is 1. The van der Waals surface area contributed by atoms with Crippen LogP contribution in [0.2, 0.25) is 0 Å². The van der Waals surface area contributed by atoms with Crippen LogP contribution in [-0.2, 0) is 11.2 Å². The number of carbonyl (C=O) groups is 1. The number of carbonyl (C=O) groups excluding carboxylic acids is 1. The molecule has 2 atom stereocenters. The molecule has 0 saturated heterocycles. The third kappa shape index (κ3) is 2.73. The molecular formula is C12H16BrNOS. The summed E-state index contributed by atoms with van der Waals surface area (Å²) in [4.78, 5) is 13.3. The van der Waals surface area contributed by atoms with Crippen molar-refractivity contribution in [2.45, 2.75) is 25.7 Å². The summed E-state index contributed by atoms with van der Waals surface area (Å²) in [5.74, 6) is 1.02. The Bertz CT molecular complexity index is 377. The van der Waals surface area contributed by atoms with Gasteiger partial charge in [-0.2, -0.15) is 0 Å². The van der Waals surface area contributed by atoms with Gasteiger partial charge in [0.15, 0.2) is 0 Å². The predicted octanol–water partition coefficient (Wildman–Crippen LogP) is 3.00. The maximum absolute atomic E-state index is 12.1. The van der Waals surface area contributed by atoms with Crippen molar-refractivity contribution in [3.8, 4) is 0 Å². The van der Waals surface area contributed by atoms with E-state index in [0.29, 0.717) is 24.7 Å². The van der Waals surface area contributed by atoms with E-state index in [4.69, 9.17) is 5.73 Å². The Hall–Kier alpha value is -0.190. The van der Waals surface area contributed by atoms with E-state index < -0.39 is 0 Å². The van der Waals surface area contributed by atoms with E-state index in [9.17, 15) is 4.79 Å². The van der Waals surface area contributed by atoms with Crippen molar-refractivity contribution >= 4 is 33.0 Å². The summed E-state index contributed by atoms with van der Waals surface area (Å²) in [6.45, 7) is 0.657. The van der Waals surface area contributed by atoms with Gasteiger partial charge in [0.2, 0.25) is 0 Å². The highest BCUT2D eigenvalue weighted by Crippen LogP contribution is 2.33. The molecule has 2 rings (SSSR count). The van der Waals surface area contributed by atoms with Gasteiger partial charge in [0.1, 0.15) is 5.78 Å². The zero-order valence-corrected chi connectivity index (χ0v) is 11.5. The lowest BCUT2D eigenvalue weighted by atomic mass is 9.90. The van der Waals surface area contributed by atoms with E-state index in [1.54, 1.807) is 11.3 Å². The Morgan fingerprint density at radius 1 is 1.56 bits per heavy atom. The van der Waals surface area contributed by atoms with Crippen LogP contribution >= 0.6 is 27.3 Å².